The second-order valence-electron chi connectivity index (χ2n) is 4.46. The van der Waals surface area contributed by atoms with Crippen molar-refractivity contribution in [2.75, 3.05) is 33.4 Å². The molecule has 1 aromatic rings. The molecule has 94 valence electrons. The molecule has 0 spiro atoms. The van der Waals surface area contributed by atoms with Gasteiger partial charge in [-0.1, -0.05) is 11.6 Å². The Bertz CT molecular complexity index is 375. The zero-order chi connectivity index (χ0) is 12.3. The van der Waals surface area contributed by atoms with E-state index in [1.165, 1.54) is 0 Å². The summed E-state index contributed by atoms with van der Waals surface area (Å²) < 4.78 is 5.08. The second kappa shape index (κ2) is 5.78. The molecule has 0 amide bonds. The van der Waals surface area contributed by atoms with Gasteiger partial charge in [0.1, 0.15) is 0 Å². The van der Waals surface area contributed by atoms with Crippen molar-refractivity contribution in [1.82, 2.24) is 9.88 Å². The van der Waals surface area contributed by atoms with Gasteiger partial charge in [0.15, 0.2) is 0 Å². The van der Waals surface area contributed by atoms with Crippen LogP contribution in [0.25, 0.3) is 0 Å². The summed E-state index contributed by atoms with van der Waals surface area (Å²) in [4.78, 5) is 6.44. The Morgan fingerprint density at radius 1 is 1.53 bits per heavy atom. The first-order chi connectivity index (χ1) is 8.20. The number of methoxy groups -OCH3 is 1. The fraction of sp³-hybridized carbons (Fsp3) is 0.583. The number of hydrogen-bond acceptors (Lipinski definition) is 4. The summed E-state index contributed by atoms with van der Waals surface area (Å²) in [5.74, 6) is 0.318. The van der Waals surface area contributed by atoms with E-state index in [2.05, 4.69) is 9.88 Å². The van der Waals surface area contributed by atoms with E-state index in [1.807, 2.05) is 12.3 Å². The lowest BCUT2D eigenvalue weighted by molar-refractivity contribution is 0.160. The summed E-state index contributed by atoms with van der Waals surface area (Å²) in [6, 6.07) is 2.10. The molecular formula is C12H18ClN3O. The zero-order valence-corrected chi connectivity index (χ0v) is 10.7. The first-order valence-electron chi connectivity index (χ1n) is 5.78. The van der Waals surface area contributed by atoms with Gasteiger partial charge in [0.25, 0.3) is 0 Å². The van der Waals surface area contributed by atoms with Crippen LogP contribution in [0.5, 0.6) is 0 Å². The molecule has 0 saturated carbocycles. The molecule has 1 saturated heterocycles. The fourth-order valence-electron chi connectivity index (χ4n) is 2.30. The number of halogens is 1. The smallest absolute Gasteiger partial charge is 0.0592 e. The summed E-state index contributed by atoms with van der Waals surface area (Å²) in [6.45, 7) is 3.52. The van der Waals surface area contributed by atoms with Crippen LogP contribution in [0.1, 0.15) is 11.5 Å². The van der Waals surface area contributed by atoms with E-state index >= 15 is 0 Å². The number of pyridine rings is 1. The fourth-order valence-corrected chi connectivity index (χ4v) is 2.48. The number of rotatable bonds is 4. The Kier molecular flexibility index (Phi) is 4.34. The van der Waals surface area contributed by atoms with Crippen LogP contribution in [0.3, 0.4) is 0 Å². The highest BCUT2D eigenvalue weighted by Gasteiger charge is 2.31. The van der Waals surface area contributed by atoms with E-state index in [-0.39, 0.29) is 6.04 Å². The van der Waals surface area contributed by atoms with Gasteiger partial charge in [-0.15, -0.1) is 0 Å². The Labute approximate surface area is 107 Å². The van der Waals surface area contributed by atoms with Gasteiger partial charge in [-0.3, -0.25) is 9.88 Å². The van der Waals surface area contributed by atoms with Crippen LogP contribution >= 0.6 is 11.6 Å². The second-order valence-corrected chi connectivity index (χ2v) is 4.90. The largest absolute Gasteiger partial charge is 0.383 e. The molecule has 1 aromatic heterocycles. The maximum Gasteiger partial charge on any atom is 0.0592 e. The first kappa shape index (κ1) is 12.8. The predicted octanol–water partition coefficient (Wildman–Crippen LogP) is 1.11. The highest BCUT2D eigenvalue weighted by Crippen LogP contribution is 2.27. The SMILES string of the molecule is COCCN1C[C@@H](N)[C@H](c2cncc(Cl)c2)C1. The van der Waals surface area contributed by atoms with Gasteiger partial charge in [0, 0.05) is 51.1 Å². The molecule has 1 fully saturated rings. The number of ether oxygens (including phenoxy) is 1. The molecule has 5 heteroatoms. The topological polar surface area (TPSA) is 51.4 Å². The van der Waals surface area contributed by atoms with Crippen molar-refractivity contribution in [3.05, 3.63) is 29.0 Å². The first-order valence-corrected chi connectivity index (χ1v) is 6.16. The van der Waals surface area contributed by atoms with Crippen molar-refractivity contribution in [2.45, 2.75) is 12.0 Å². The molecular weight excluding hydrogens is 238 g/mol. The average molecular weight is 256 g/mol. The number of nitrogens with two attached hydrogens (primary N) is 1. The third-order valence-electron chi connectivity index (χ3n) is 3.21. The molecule has 17 heavy (non-hydrogen) atoms. The van der Waals surface area contributed by atoms with Crippen molar-refractivity contribution in [1.29, 1.82) is 0 Å². The standard InChI is InChI=1S/C12H18ClN3O/c1-17-3-2-16-7-11(12(14)8-16)9-4-10(13)6-15-5-9/h4-6,11-12H,2-3,7-8,14H2,1H3/t11-,12+/m0/s1. The number of aromatic nitrogens is 1. The highest BCUT2D eigenvalue weighted by atomic mass is 35.5. The quantitative estimate of drug-likeness (QED) is 0.876. The van der Waals surface area contributed by atoms with Crippen molar-refractivity contribution < 1.29 is 4.74 Å². The third-order valence-corrected chi connectivity index (χ3v) is 3.41. The molecule has 0 aromatic carbocycles. The van der Waals surface area contributed by atoms with Crippen LogP contribution in [0, 0.1) is 0 Å². The minimum atomic E-state index is 0.145. The minimum absolute atomic E-state index is 0.145. The molecule has 1 aliphatic rings. The van der Waals surface area contributed by atoms with Crippen LogP contribution in [0.4, 0.5) is 0 Å². The van der Waals surface area contributed by atoms with Gasteiger partial charge >= 0.3 is 0 Å². The summed E-state index contributed by atoms with van der Waals surface area (Å²) >= 11 is 5.95. The van der Waals surface area contributed by atoms with E-state index in [1.54, 1.807) is 13.3 Å². The third kappa shape index (κ3) is 3.16. The maximum absolute atomic E-state index is 6.17. The van der Waals surface area contributed by atoms with Crippen molar-refractivity contribution >= 4 is 11.6 Å². The van der Waals surface area contributed by atoms with Crippen LogP contribution in [-0.2, 0) is 4.74 Å². The van der Waals surface area contributed by atoms with Crippen molar-refractivity contribution in [2.24, 2.45) is 5.73 Å². The van der Waals surface area contributed by atoms with E-state index in [0.717, 1.165) is 31.8 Å². The number of hydrogen-bond donors (Lipinski definition) is 1. The Hall–Kier alpha value is -0.680. The van der Waals surface area contributed by atoms with Crippen LogP contribution in [0.2, 0.25) is 5.02 Å². The van der Waals surface area contributed by atoms with Crippen molar-refractivity contribution in [3.63, 3.8) is 0 Å². The molecule has 0 bridgehead atoms. The molecule has 2 N–H and O–H groups in total. The van der Waals surface area contributed by atoms with Gasteiger partial charge < -0.3 is 10.5 Å². The zero-order valence-electron chi connectivity index (χ0n) is 9.97. The lowest BCUT2D eigenvalue weighted by Crippen LogP contribution is -2.30. The molecule has 2 heterocycles. The Balaban J connectivity index is 2.02. The predicted molar refractivity (Wildman–Crippen MR) is 68.3 cm³/mol. The van der Waals surface area contributed by atoms with Gasteiger partial charge in [0.2, 0.25) is 0 Å². The van der Waals surface area contributed by atoms with E-state index in [9.17, 15) is 0 Å². The Morgan fingerprint density at radius 3 is 3.06 bits per heavy atom. The molecule has 2 rings (SSSR count). The van der Waals surface area contributed by atoms with E-state index in [4.69, 9.17) is 22.1 Å². The number of likely N-dealkylation sites (tertiary alicyclic amines) is 1. The van der Waals surface area contributed by atoms with Crippen LogP contribution < -0.4 is 5.73 Å². The molecule has 0 radical (unpaired) electrons. The number of nitrogens with zero attached hydrogens (tertiary/aromatic N) is 2. The molecule has 4 nitrogen and oxygen atoms in total. The Morgan fingerprint density at radius 2 is 2.35 bits per heavy atom. The highest BCUT2D eigenvalue weighted by molar-refractivity contribution is 6.30. The molecule has 0 aliphatic carbocycles. The minimum Gasteiger partial charge on any atom is -0.383 e. The summed E-state index contributed by atoms with van der Waals surface area (Å²) in [5, 5.41) is 0.671. The van der Waals surface area contributed by atoms with Gasteiger partial charge in [-0.05, 0) is 11.6 Å². The molecule has 1 aliphatic heterocycles. The molecule has 2 atom stereocenters. The summed E-state index contributed by atoms with van der Waals surface area (Å²) in [6.07, 6.45) is 3.50. The van der Waals surface area contributed by atoms with Gasteiger partial charge in [-0.2, -0.15) is 0 Å². The van der Waals surface area contributed by atoms with Gasteiger partial charge in [-0.25, -0.2) is 0 Å². The van der Waals surface area contributed by atoms with E-state index < -0.39 is 0 Å². The lowest BCUT2D eigenvalue weighted by atomic mass is 9.97. The normalized spacial score (nSPS) is 25.4. The molecule has 0 unspecified atom stereocenters. The van der Waals surface area contributed by atoms with E-state index in [0.29, 0.717) is 10.9 Å². The van der Waals surface area contributed by atoms with Crippen molar-refractivity contribution in [3.8, 4) is 0 Å². The van der Waals surface area contributed by atoms with Gasteiger partial charge in [0.05, 0.1) is 11.6 Å². The maximum atomic E-state index is 6.17. The van der Waals surface area contributed by atoms with Crippen LogP contribution in [0.15, 0.2) is 18.5 Å². The lowest BCUT2D eigenvalue weighted by Gasteiger charge is -2.15. The summed E-state index contributed by atoms with van der Waals surface area (Å²) in [5.41, 5.74) is 7.30. The summed E-state index contributed by atoms with van der Waals surface area (Å²) in [7, 11) is 1.72. The average Bonchev–Trinajstić information content (AvgIpc) is 2.68. The van der Waals surface area contributed by atoms with Crippen LogP contribution in [-0.4, -0.2) is 49.3 Å². The monoisotopic (exact) mass is 255 g/mol.